The Morgan fingerprint density at radius 1 is 1.09 bits per heavy atom. The van der Waals surface area contributed by atoms with Gasteiger partial charge in [0.2, 0.25) is 12.7 Å². The van der Waals surface area contributed by atoms with Gasteiger partial charge in [0.1, 0.15) is 6.54 Å². The number of esters is 1. The number of aromatic nitrogens is 2. The van der Waals surface area contributed by atoms with Crippen LogP contribution in [0.5, 0.6) is 11.5 Å². The number of ether oxygens (including phenoxy) is 3. The third-order valence-corrected chi connectivity index (χ3v) is 9.46. The molecular weight excluding hydrogens is 592 g/mol. The first-order chi connectivity index (χ1) is 22.0. The molecule has 3 aliphatic heterocycles. The van der Waals surface area contributed by atoms with E-state index in [2.05, 4.69) is 0 Å². The molecule has 1 amide bonds. The number of carbonyl (C=O) groups excluding carboxylic acids is 2. The van der Waals surface area contributed by atoms with Crippen LogP contribution in [0.15, 0.2) is 69.7 Å². The highest BCUT2D eigenvalue weighted by Crippen LogP contribution is 2.39. The van der Waals surface area contributed by atoms with Crippen molar-refractivity contribution >= 4 is 40.2 Å². The van der Waals surface area contributed by atoms with Gasteiger partial charge in [0.25, 0.3) is 5.56 Å². The first kappa shape index (κ1) is 29.1. The average molecular weight is 627 g/mol. The van der Waals surface area contributed by atoms with Crippen LogP contribution in [0.1, 0.15) is 56.7 Å². The molecule has 0 radical (unpaired) electrons. The van der Waals surface area contributed by atoms with Crippen LogP contribution in [0.3, 0.4) is 0 Å². The molecule has 5 heterocycles. The van der Waals surface area contributed by atoms with Crippen molar-refractivity contribution in [2.45, 2.75) is 52.1 Å². The predicted octanol–water partition coefficient (Wildman–Crippen LogP) is 3.88. The van der Waals surface area contributed by atoms with E-state index < -0.39 is 12.0 Å². The fraction of sp³-hybridized carbons (Fsp3) is 0.353. The van der Waals surface area contributed by atoms with Crippen LogP contribution >= 0.6 is 11.3 Å². The van der Waals surface area contributed by atoms with Crippen LogP contribution in [-0.4, -0.2) is 52.4 Å². The summed E-state index contributed by atoms with van der Waals surface area (Å²) in [4.78, 5) is 48.1. The number of amides is 1. The molecule has 0 saturated carbocycles. The lowest BCUT2D eigenvalue weighted by atomic mass is 9.94. The van der Waals surface area contributed by atoms with E-state index >= 15 is 0 Å². The summed E-state index contributed by atoms with van der Waals surface area (Å²) in [5, 5.41) is 0.948. The molecule has 4 aromatic rings. The summed E-state index contributed by atoms with van der Waals surface area (Å²) < 4.78 is 20.7. The van der Waals surface area contributed by atoms with Crippen LogP contribution in [-0.2, 0) is 20.9 Å². The number of rotatable bonds is 8. The van der Waals surface area contributed by atoms with Crippen molar-refractivity contribution in [1.29, 1.82) is 0 Å². The number of benzene rings is 2. The highest BCUT2D eigenvalue weighted by Gasteiger charge is 2.35. The zero-order valence-corrected chi connectivity index (χ0v) is 26.1. The Labute approximate surface area is 263 Å². The van der Waals surface area contributed by atoms with Gasteiger partial charge in [0, 0.05) is 35.8 Å². The number of hydrogen-bond acceptors (Lipinski definition) is 8. The maximum absolute atomic E-state index is 14.3. The van der Waals surface area contributed by atoms with Gasteiger partial charge in [-0.3, -0.25) is 14.2 Å². The monoisotopic (exact) mass is 626 g/mol. The molecule has 3 aliphatic rings. The number of carbonyl (C=O) groups is 2. The highest BCUT2D eigenvalue weighted by atomic mass is 32.1. The van der Waals surface area contributed by atoms with Crippen LogP contribution in [0.2, 0.25) is 0 Å². The molecule has 1 atom stereocenters. The van der Waals surface area contributed by atoms with Crippen LogP contribution < -0.4 is 24.4 Å². The smallest absolute Gasteiger partial charge is 0.338 e. The summed E-state index contributed by atoms with van der Waals surface area (Å²) in [5.74, 6) is 0.773. The third-order valence-electron chi connectivity index (χ3n) is 8.47. The number of allylic oxidation sites excluding steroid dienone is 1. The van der Waals surface area contributed by atoms with E-state index in [1.807, 2.05) is 65.1 Å². The minimum absolute atomic E-state index is 0.0952. The summed E-state index contributed by atoms with van der Waals surface area (Å²) in [5.41, 5.74) is 3.18. The van der Waals surface area contributed by atoms with E-state index in [0.717, 1.165) is 48.8 Å². The van der Waals surface area contributed by atoms with E-state index in [9.17, 15) is 14.4 Å². The summed E-state index contributed by atoms with van der Waals surface area (Å²) >= 11 is 1.29. The molecule has 232 valence electrons. The summed E-state index contributed by atoms with van der Waals surface area (Å²) in [7, 11) is 0. The second-order valence-corrected chi connectivity index (χ2v) is 12.4. The fourth-order valence-electron chi connectivity index (χ4n) is 6.39. The van der Waals surface area contributed by atoms with Crippen molar-refractivity contribution < 1.29 is 23.8 Å². The second-order valence-electron chi connectivity index (χ2n) is 11.3. The van der Waals surface area contributed by atoms with Gasteiger partial charge in [-0.1, -0.05) is 48.9 Å². The van der Waals surface area contributed by atoms with Crippen molar-refractivity contribution in [2.24, 2.45) is 4.99 Å². The van der Waals surface area contributed by atoms with Gasteiger partial charge in [-0.25, -0.2) is 9.79 Å². The molecule has 2 aromatic heterocycles. The first-order valence-corrected chi connectivity index (χ1v) is 16.3. The van der Waals surface area contributed by atoms with Crippen LogP contribution in [0.4, 0.5) is 0 Å². The van der Waals surface area contributed by atoms with Crippen molar-refractivity contribution in [3.63, 3.8) is 0 Å². The largest absolute Gasteiger partial charge is 0.463 e. The number of likely N-dealkylation sites (tertiary alicyclic amines) is 1. The van der Waals surface area contributed by atoms with Crippen molar-refractivity contribution in [3.8, 4) is 11.5 Å². The van der Waals surface area contributed by atoms with Crippen molar-refractivity contribution in [2.75, 3.05) is 26.5 Å². The molecule has 0 unspecified atom stereocenters. The zero-order chi connectivity index (χ0) is 31.1. The van der Waals surface area contributed by atoms with Crippen LogP contribution in [0.25, 0.3) is 17.0 Å². The predicted molar refractivity (Wildman–Crippen MR) is 170 cm³/mol. The molecule has 10 nitrogen and oxygen atoms in total. The molecule has 1 fully saturated rings. The molecule has 45 heavy (non-hydrogen) atoms. The van der Waals surface area contributed by atoms with E-state index in [4.69, 9.17) is 19.2 Å². The zero-order valence-electron chi connectivity index (χ0n) is 25.3. The van der Waals surface area contributed by atoms with E-state index in [-0.39, 0.29) is 31.4 Å². The second kappa shape index (κ2) is 12.0. The van der Waals surface area contributed by atoms with Gasteiger partial charge < -0.3 is 23.7 Å². The Morgan fingerprint density at radius 3 is 2.69 bits per heavy atom. The maximum Gasteiger partial charge on any atom is 0.338 e. The van der Waals surface area contributed by atoms with E-state index in [1.54, 1.807) is 17.6 Å². The van der Waals surface area contributed by atoms with E-state index in [1.165, 1.54) is 11.3 Å². The molecular formula is C34H34N4O6S. The topological polar surface area (TPSA) is 104 Å². The molecule has 0 bridgehead atoms. The minimum Gasteiger partial charge on any atom is -0.463 e. The van der Waals surface area contributed by atoms with Gasteiger partial charge in [-0.15, -0.1) is 0 Å². The lowest BCUT2D eigenvalue weighted by Gasteiger charge is -2.25. The normalized spacial score (nSPS) is 17.6. The molecule has 2 aromatic carbocycles. The molecule has 0 spiro atoms. The Morgan fingerprint density at radius 2 is 1.89 bits per heavy atom. The van der Waals surface area contributed by atoms with Crippen molar-refractivity contribution in [3.05, 3.63) is 90.7 Å². The van der Waals surface area contributed by atoms with Gasteiger partial charge in [-0.05, 0) is 56.0 Å². The number of hydrogen-bond donors (Lipinski definition) is 0. The lowest BCUT2D eigenvalue weighted by Crippen LogP contribution is -2.40. The standard InChI is InChI=1S/C34H34N4O6S/c1-3-9-24-30(33(41)42-4-2)31(21-12-13-26-27(16-21)44-20-43-26)38-32(40)28(45-34(38)35-24)17-22-18-37(25-11-6-5-10-23(22)25)19-29(39)36-14-7-8-15-36/h5-6,10-13,16-18,31H,3-4,7-9,14-15,19-20H2,1-2H3/b28-17+/t31-/m1/s1. The molecule has 0 aliphatic carbocycles. The van der Waals surface area contributed by atoms with Gasteiger partial charge in [-0.2, -0.15) is 0 Å². The van der Waals surface area contributed by atoms with Crippen LogP contribution in [0, 0.1) is 0 Å². The third kappa shape index (κ3) is 5.24. The fourth-order valence-corrected chi connectivity index (χ4v) is 7.40. The molecule has 11 heteroatoms. The first-order valence-electron chi connectivity index (χ1n) is 15.4. The Bertz CT molecular complexity index is 2030. The maximum atomic E-state index is 14.3. The van der Waals surface area contributed by atoms with Crippen molar-refractivity contribution in [1.82, 2.24) is 14.0 Å². The highest BCUT2D eigenvalue weighted by molar-refractivity contribution is 7.07. The summed E-state index contributed by atoms with van der Waals surface area (Å²) in [6, 6.07) is 12.6. The molecule has 7 rings (SSSR count). The minimum atomic E-state index is -0.752. The Kier molecular flexibility index (Phi) is 7.78. The number of nitrogens with zero attached hydrogens (tertiary/aromatic N) is 4. The number of para-hydroxylation sites is 1. The lowest BCUT2D eigenvalue weighted by molar-refractivity contribution is -0.139. The average Bonchev–Trinajstić information content (AvgIpc) is 3.85. The molecule has 1 saturated heterocycles. The number of fused-ring (bicyclic) bond motifs is 3. The Hall–Kier alpha value is -4.64. The summed E-state index contributed by atoms with van der Waals surface area (Å²) in [6.07, 6.45) is 7.20. The summed E-state index contributed by atoms with van der Waals surface area (Å²) in [6.45, 7) is 5.93. The quantitative estimate of drug-likeness (QED) is 0.275. The van der Waals surface area contributed by atoms with Gasteiger partial charge in [0.15, 0.2) is 16.3 Å². The Balaban J connectivity index is 1.38. The molecule has 0 N–H and O–H groups in total. The van der Waals surface area contributed by atoms with Gasteiger partial charge >= 0.3 is 5.97 Å². The SMILES string of the molecule is CCCC1=C(C(=O)OCC)[C@@H](c2ccc3c(c2)OCO3)n2c(s/c(=C/c3cn(CC(=O)N4CCCC4)c4ccccc34)c2=O)=N1. The number of thiazole rings is 1. The van der Waals surface area contributed by atoms with E-state index in [0.29, 0.717) is 44.1 Å². The van der Waals surface area contributed by atoms with Gasteiger partial charge in [0.05, 0.1) is 28.5 Å².